The van der Waals surface area contributed by atoms with Crippen molar-refractivity contribution in [3.63, 3.8) is 0 Å². The molecule has 0 unspecified atom stereocenters. The largest absolute Gasteiger partial charge is 0.468 e. The maximum Gasteiger partial charge on any atom is 0.411 e. The molecule has 1 amide bonds. The zero-order valence-corrected chi connectivity index (χ0v) is 18.1. The van der Waals surface area contributed by atoms with Gasteiger partial charge in [-0.3, -0.25) is 15.0 Å². The normalized spacial score (nSPS) is 15.8. The summed E-state index contributed by atoms with van der Waals surface area (Å²) in [5.74, 6) is -0.903. The third-order valence-corrected chi connectivity index (χ3v) is 4.71. The van der Waals surface area contributed by atoms with Gasteiger partial charge in [-0.1, -0.05) is 60.7 Å². The molecule has 1 saturated heterocycles. The lowest BCUT2D eigenvalue weighted by atomic mass is 10.2. The molecule has 3 rings (SSSR count). The molecular formula is C23H28N2O7. The van der Waals surface area contributed by atoms with Crippen molar-refractivity contribution < 1.29 is 33.7 Å². The molecule has 1 aliphatic rings. The number of amides is 1. The fraction of sp³-hybridized carbons (Fsp3) is 0.348. The number of aliphatic hydroxyl groups is 1. The topological polar surface area (TPSA) is 114 Å². The van der Waals surface area contributed by atoms with E-state index in [1.54, 1.807) is 0 Å². The molecule has 0 bridgehead atoms. The summed E-state index contributed by atoms with van der Waals surface area (Å²) in [4.78, 5) is 35.5. The molecule has 2 aromatic rings. The van der Waals surface area contributed by atoms with E-state index in [1.807, 2.05) is 60.7 Å². The molecule has 0 radical (unpaired) electrons. The number of carbonyl (C=O) groups excluding carboxylic acids is 3. The molecule has 2 aromatic carbocycles. The van der Waals surface area contributed by atoms with Crippen LogP contribution < -0.4 is 5.32 Å². The van der Waals surface area contributed by atoms with Gasteiger partial charge in [0.2, 0.25) is 0 Å². The van der Waals surface area contributed by atoms with E-state index in [1.165, 1.54) is 19.1 Å². The van der Waals surface area contributed by atoms with Gasteiger partial charge in [0.25, 0.3) is 0 Å². The van der Waals surface area contributed by atoms with E-state index in [2.05, 4.69) is 14.8 Å². The van der Waals surface area contributed by atoms with Crippen molar-refractivity contribution in [3.05, 3.63) is 71.8 Å². The number of aliphatic hydroxyl groups excluding tert-OH is 1. The monoisotopic (exact) mass is 444 g/mol. The van der Waals surface area contributed by atoms with Gasteiger partial charge < -0.3 is 19.3 Å². The minimum absolute atomic E-state index is 0.0539. The van der Waals surface area contributed by atoms with Crippen LogP contribution in [0.25, 0.3) is 0 Å². The van der Waals surface area contributed by atoms with Crippen molar-refractivity contribution in [1.29, 1.82) is 0 Å². The summed E-state index contributed by atoms with van der Waals surface area (Å²) in [7, 11) is 2.60. The summed E-state index contributed by atoms with van der Waals surface area (Å²) in [6, 6.07) is 17.8. The average Bonchev–Trinajstić information content (AvgIpc) is 3.20. The highest BCUT2D eigenvalue weighted by molar-refractivity contribution is 5.84. The molecule has 0 aliphatic carbocycles. The van der Waals surface area contributed by atoms with Crippen molar-refractivity contribution in [3.8, 4) is 0 Å². The highest BCUT2D eigenvalue weighted by Gasteiger charge is 2.38. The van der Waals surface area contributed by atoms with Crippen LogP contribution in [-0.2, 0) is 36.9 Å². The predicted octanol–water partition coefficient (Wildman–Crippen LogP) is 1.49. The fourth-order valence-corrected chi connectivity index (χ4v) is 2.94. The van der Waals surface area contributed by atoms with E-state index >= 15 is 0 Å². The number of rotatable bonds is 8. The van der Waals surface area contributed by atoms with Gasteiger partial charge in [-0.05, 0) is 11.1 Å². The number of carbonyl (C=O) groups is 3. The summed E-state index contributed by atoms with van der Waals surface area (Å²) in [5, 5.41) is 11.9. The number of esters is 2. The maximum absolute atomic E-state index is 11.5. The van der Waals surface area contributed by atoms with Gasteiger partial charge in [-0.15, -0.1) is 0 Å². The Hall–Kier alpha value is -3.43. The Morgan fingerprint density at radius 2 is 1.66 bits per heavy atom. The molecule has 0 aromatic heterocycles. The number of cyclic esters (lactones) is 1. The van der Waals surface area contributed by atoms with Gasteiger partial charge in [0, 0.05) is 6.54 Å². The minimum Gasteiger partial charge on any atom is -0.468 e. The quantitative estimate of drug-likeness (QED) is 0.465. The van der Waals surface area contributed by atoms with Gasteiger partial charge in [0.05, 0.1) is 27.4 Å². The highest BCUT2D eigenvalue weighted by Crippen LogP contribution is 2.17. The number of hydrogen-bond donors (Lipinski definition) is 2. The van der Waals surface area contributed by atoms with Crippen molar-refractivity contribution >= 4 is 18.0 Å². The van der Waals surface area contributed by atoms with Gasteiger partial charge in [-0.25, -0.2) is 9.59 Å². The lowest BCUT2D eigenvalue weighted by Gasteiger charge is -2.19. The Kier molecular flexibility index (Phi) is 10.2. The van der Waals surface area contributed by atoms with Crippen LogP contribution in [0.2, 0.25) is 0 Å². The van der Waals surface area contributed by atoms with E-state index in [0.29, 0.717) is 13.1 Å². The Morgan fingerprint density at radius 3 is 2.19 bits per heavy atom. The molecule has 172 valence electrons. The first-order valence-electron chi connectivity index (χ1n) is 10.0. The van der Waals surface area contributed by atoms with E-state index in [-0.39, 0.29) is 13.2 Å². The maximum atomic E-state index is 11.5. The molecule has 1 aliphatic heterocycles. The first-order chi connectivity index (χ1) is 15.5. The van der Waals surface area contributed by atoms with E-state index in [4.69, 9.17) is 9.84 Å². The number of methoxy groups -OCH3 is 2. The standard InChI is InChI=1S/C12H13NO4.C11H15NO3/c1-16-11(14)10-8-17-12(15)13(10)7-9-5-3-2-4-6-9;1-15-11(14)10(8-13)12-7-9-5-3-2-4-6-9/h2-6,10H,7-8H2,1H3;2-6,10,12-13H,7-8H2,1H3/t2*10-/m11/s1. The molecule has 32 heavy (non-hydrogen) atoms. The molecule has 9 nitrogen and oxygen atoms in total. The summed E-state index contributed by atoms with van der Waals surface area (Å²) < 4.78 is 14.0. The van der Waals surface area contributed by atoms with Crippen LogP contribution in [0.15, 0.2) is 60.7 Å². The highest BCUT2D eigenvalue weighted by atomic mass is 16.6. The molecule has 2 atom stereocenters. The average molecular weight is 444 g/mol. The molecule has 0 saturated carbocycles. The number of nitrogens with one attached hydrogen (secondary N) is 1. The zero-order valence-electron chi connectivity index (χ0n) is 18.1. The van der Waals surface area contributed by atoms with Crippen LogP contribution in [-0.4, -0.2) is 67.6 Å². The summed E-state index contributed by atoms with van der Waals surface area (Å²) >= 11 is 0. The van der Waals surface area contributed by atoms with Crippen molar-refractivity contribution in [2.45, 2.75) is 25.2 Å². The van der Waals surface area contributed by atoms with E-state index in [0.717, 1.165) is 11.1 Å². The SMILES string of the molecule is COC(=O)[C@@H](CO)NCc1ccccc1.COC(=O)[C@H]1COC(=O)N1Cc1ccccc1. The van der Waals surface area contributed by atoms with Crippen LogP contribution in [0.3, 0.4) is 0 Å². The van der Waals surface area contributed by atoms with Crippen LogP contribution >= 0.6 is 0 Å². The van der Waals surface area contributed by atoms with Gasteiger partial charge in [-0.2, -0.15) is 0 Å². The second-order valence-corrected chi connectivity index (χ2v) is 6.85. The number of nitrogens with zero attached hydrogens (tertiary/aromatic N) is 1. The van der Waals surface area contributed by atoms with Crippen LogP contribution in [0.1, 0.15) is 11.1 Å². The molecule has 9 heteroatoms. The second kappa shape index (κ2) is 13.1. The molecular weight excluding hydrogens is 416 g/mol. The van der Waals surface area contributed by atoms with Crippen molar-refractivity contribution in [1.82, 2.24) is 10.2 Å². The second-order valence-electron chi connectivity index (χ2n) is 6.85. The number of benzene rings is 2. The number of ether oxygens (including phenoxy) is 3. The Morgan fingerprint density at radius 1 is 1.06 bits per heavy atom. The van der Waals surface area contributed by atoms with Crippen molar-refractivity contribution in [2.75, 3.05) is 27.4 Å². The molecule has 2 N–H and O–H groups in total. The van der Waals surface area contributed by atoms with Gasteiger partial charge in [0.1, 0.15) is 12.6 Å². The lowest BCUT2D eigenvalue weighted by Crippen LogP contribution is -2.40. The smallest absolute Gasteiger partial charge is 0.411 e. The predicted molar refractivity (Wildman–Crippen MR) is 115 cm³/mol. The zero-order chi connectivity index (χ0) is 23.3. The van der Waals surface area contributed by atoms with Gasteiger partial charge in [0.15, 0.2) is 6.04 Å². The third kappa shape index (κ3) is 7.36. The summed E-state index contributed by atoms with van der Waals surface area (Å²) in [6.45, 7) is 0.665. The lowest BCUT2D eigenvalue weighted by molar-refractivity contribution is -0.145. The van der Waals surface area contributed by atoms with Crippen LogP contribution in [0, 0.1) is 0 Å². The molecule has 1 heterocycles. The van der Waals surface area contributed by atoms with Gasteiger partial charge >= 0.3 is 18.0 Å². The minimum atomic E-state index is -0.657. The van der Waals surface area contributed by atoms with Crippen LogP contribution in [0.5, 0.6) is 0 Å². The summed E-state index contributed by atoms with van der Waals surface area (Å²) in [6.07, 6.45) is -0.482. The van der Waals surface area contributed by atoms with E-state index in [9.17, 15) is 14.4 Å². The Balaban J connectivity index is 0.000000229. The first kappa shape index (κ1) is 24.8. The number of hydrogen-bond acceptors (Lipinski definition) is 8. The fourth-order valence-electron chi connectivity index (χ4n) is 2.94. The Bertz CT molecular complexity index is 861. The molecule has 1 fully saturated rings. The van der Waals surface area contributed by atoms with Crippen LogP contribution in [0.4, 0.5) is 4.79 Å². The molecule has 0 spiro atoms. The summed E-state index contributed by atoms with van der Waals surface area (Å²) in [5.41, 5.74) is 2.00. The van der Waals surface area contributed by atoms with Crippen molar-refractivity contribution in [2.24, 2.45) is 0 Å². The van der Waals surface area contributed by atoms with E-state index < -0.39 is 30.1 Å². The first-order valence-corrected chi connectivity index (χ1v) is 10.0. The Labute approximate surface area is 186 Å². The third-order valence-electron chi connectivity index (χ3n) is 4.71.